The minimum Gasteiger partial charge on any atom is -0.385 e. The van der Waals surface area contributed by atoms with E-state index in [1.165, 1.54) is 0 Å². The molecule has 0 aromatic carbocycles. The van der Waals surface area contributed by atoms with E-state index in [0.717, 1.165) is 27.7 Å². The van der Waals surface area contributed by atoms with E-state index in [1.54, 1.807) is 18.5 Å². The third-order valence-corrected chi connectivity index (χ3v) is 3.88. The number of rotatable bonds is 7. The zero-order valence-electron chi connectivity index (χ0n) is 15.7. The van der Waals surface area contributed by atoms with Crippen LogP contribution < -0.4 is 16.8 Å². The van der Waals surface area contributed by atoms with Crippen LogP contribution in [0.2, 0.25) is 0 Å². The summed E-state index contributed by atoms with van der Waals surface area (Å²) in [6.07, 6.45) is 9.09. The van der Waals surface area contributed by atoms with Crippen molar-refractivity contribution < 1.29 is 4.74 Å². The lowest BCUT2D eigenvalue weighted by Crippen LogP contribution is -2.27. The fourth-order valence-corrected chi connectivity index (χ4v) is 2.74. The van der Waals surface area contributed by atoms with Crippen LogP contribution in [-0.4, -0.2) is 32.3 Å². The Bertz CT molecular complexity index is 931. The Hall–Kier alpha value is -2.97. The van der Waals surface area contributed by atoms with E-state index in [-0.39, 0.29) is 6.10 Å². The van der Waals surface area contributed by atoms with E-state index in [1.807, 2.05) is 33.2 Å². The van der Waals surface area contributed by atoms with Gasteiger partial charge in [0, 0.05) is 36.6 Å². The van der Waals surface area contributed by atoms with Gasteiger partial charge in [-0.1, -0.05) is 0 Å². The average Bonchev–Trinajstić information content (AvgIpc) is 2.98. The molecule has 0 fully saturated rings. The molecule has 6 N–H and O–H groups in total. The molecule has 0 aliphatic rings. The molecule has 0 aliphatic carbocycles. The molecule has 27 heavy (non-hydrogen) atoms. The highest BCUT2D eigenvalue weighted by atomic mass is 16.5. The molecule has 142 valence electrons. The largest absolute Gasteiger partial charge is 0.385 e. The first-order chi connectivity index (χ1) is 12.9. The summed E-state index contributed by atoms with van der Waals surface area (Å²) in [5.74, 6) is 0.745. The number of pyridine rings is 1. The fraction of sp³-hybridized carbons (Fsp3) is 0.316. The Labute approximate surface area is 158 Å². The van der Waals surface area contributed by atoms with Crippen molar-refractivity contribution in [3.8, 4) is 0 Å². The number of hydrogen-bond acceptors (Lipinski definition) is 7. The van der Waals surface area contributed by atoms with Gasteiger partial charge in [-0.2, -0.15) is 0 Å². The van der Waals surface area contributed by atoms with Crippen molar-refractivity contribution in [2.45, 2.75) is 39.5 Å². The number of hydrogen-bond donors (Lipinski definition) is 4. The van der Waals surface area contributed by atoms with Gasteiger partial charge < -0.3 is 26.5 Å². The van der Waals surface area contributed by atoms with Crippen LogP contribution in [0.5, 0.6) is 0 Å². The number of H-pyrrole nitrogens is 1. The van der Waals surface area contributed by atoms with Crippen LogP contribution in [0.1, 0.15) is 30.5 Å². The quantitative estimate of drug-likeness (QED) is 0.471. The molecular weight excluding hydrogens is 342 g/mol. The maximum absolute atomic E-state index is 5.91. The van der Waals surface area contributed by atoms with Crippen molar-refractivity contribution in [1.82, 2.24) is 19.9 Å². The van der Waals surface area contributed by atoms with Gasteiger partial charge in [-0.05, 0) is 49.6 Å². The molecule has 0 aliphatic heterocycles. The Morgan fingerprint density at radius 3 is 2.70 bits per heavy atom. The molecule has 0 bridgehead atoms. The van der Waals surface area contributed by atoms with Crippen LogP contribution in [0.4, 0.5) is 5.95 Å². The second kappa shape index (κ2) is 8.15. The summed E-state index contributed by atoms with van der Waals surface area (Å²) >= 11 is 0. The monoisotopic (exact) mass is 367 g/mol. The van der Waals surface area contributed by atoms with Crippen LogP contribution in [0.3, 0.4) is 0 Å². The van der Waals surface area contributed by atoms with E-state index in [4.69, 9.17) is 16.2 Å². The number of aromatic nitrogens is 4. The normalized spacial score (nSPS) is 13.3. The van der Waals surface area contributed by atoms with Gasteiger partial charge in [-0.15, -0.1) is 0 Å². The van der Waals surface area contributed by atoms with Crippen molar-refractivity contribution >= 4 is 17.0 Å². The molecule has 3 aromatic rings. The van der Waals surface area contributed by atoms with Crippen molar-refractivity contribution in [1.29, 1.82) is 0 Å². The van der Waals surface area contributed by atoms with Gasteiger partial charge in [0.25, 0.3) is 0 Å². The molecule has 3 rings (SSSR count). The second-order valence-electron chi connectivity index (χ2n) is 6.71. The summed E-state index contributed by atoms with van der Waals surface area (Å²) < 4.78 is 5.41. The minimum atomic E-state index is -0.587. The predicted octanol–water partition coefficient (Wildman–Crippen LogP) is 2.17. The Kier molecular flexibility index (Phi) is 5.68. The van der Waals surface area contributed by atoms with Crippen LogP contribution in [0, 0.1) is 6.92 Å². The van der Waals surface area contributed by atoms with Gasteiger partial charge in [0.1, 0.15) is 17.7 Å². The van der Waals surface area contributed by atoms with Gasteiger partial charge in [0.2, 0.25) is 5.95 Å². The molecule has 1 unspecified atom stereocenters. The molecule has 0 spiro atoms. The zero-order valence-corrected chi connectivity index (χ0v) is 15.7. The number of nitrogens with zero attached hydrogens (tertiary/aromatic N) is 3. The van der Waals surface area contributed by atoms with Crippen molar-refractivity contribution in [2.75, 3.05) is 5.32 Å². The number of anilines is 1. The van der Waals surface area contributed by atoms with E-state index in [9.17, 15) is 0 Å². The van der Waals surface area contributed by atoms with Gasteiger partial charge >= 0.3 is 0 Å². The average molecular weight is 367 g/mol. The SMILES string of the molecule is Cc1cnc2[nH]cc(Cc3cnc(N/C(N)=C/C(N)OC(C)C)nc3)c2c1. The third kappa shape index (κ3) is 5.02. The van der Waals surface area contributed by atoms with E-state index >= 15 is 0 Å². The number of aryl methyl sites for hydroxylation is 1. The maximum atomic E-state index is 5.91. The van der Waals surface area contributed by atoms with Crippen LogP contribution in [0.15, 0.2) is 42.8 Å². The van der Waals surface area contributed by atoms with Gasteiger partial charge in [0.15, 0.2) is 0 Å². The number of nitrogens with two attached hydrogens (primary N) is 2. The third-order valence-electron chi connectivity index (χ3n) is 3.88. The van der Waals surface area contributed by atoms with Crippen LogP contribution in [-0.2, 0) is 11.2 Å². The Morgan fingerprint density at radius 1 is 1.26 bits per heavy atom. The standard InChI is InChI=1S/C19H25N7O/c1-11(2)27-17(21)6-16(20)26-19-24-8-13(9-25-19)5-14-10-23-18-15(14)4-12(3)7-22-18/h4,6-11,17H,5,20-21H2,1-3H3,(H,22,23)(H,24,25,26)/b16-6+. The smallest absolute Gasteiger partial charge is 0.228 e. The summed E-state index contributed by atoms with van der Waals surface area (Å²) in [7, 11) is 0. The summed E-state index contributed by atoms with van der Waals surface area (Å²) in [5.41, 5.74) is 15.9. The molecule has 0 saturated heterocycles. The molecule has 3 heterocycles. The first-order valence-electron chi connectivity index (χ1n) is 8.79. The lowest BCUT2D eigenvalue weighted by Gasteiger charge is -2.13. The lowest BCUT2D eigenvalue weighted by atomic mass is 10.1. The molecular formula is C19H25N7O. The molecule has 8 nitrogen and oxygen atoms in total. The van der Waals surface area contributed by atoms with Crippen molar-refractivity contribution in [2.24, 2.45) is 11.5 Å². The first kappa shape index (κ1) is 18.8. The number of ether oxygens (including phenoxy) is 1. The second-order valence-corrected chi connectivity index (χ2v) is 6.71. The summed E-state index contributed by atoms with van der Waals surface area (Å²) in [4.78, 5) is 16.2. The topological polar surface area (TPSA) is 128 Å². The molecule has 1 atom stereocenters. The Balaban J connectivity index is 1.66. The molecule has 8 heteroatoms. The summed E-state index contributed by atoms with van der Waals surface area (Å²) in [6, 6.07) is 2.12. The van der Waals surface area contributed by atoms with E-state index < -0.39 is 6.23 Å². The predicted molar refractivity (Wildman–Crippen MR) is 106 cm³/mol. The zero-order chi connectivity index (χ0) is 19.4. The Morgan fingerprint density at radius 2 is 2.00 bits per heavy atom. The molecule has 0 radical (unpaired) electrons. The molecule has 0 amide bonds. The molecule has 0 saturated carbocycles. The van der Waals surface area contributed by atoms with E-state index in [2.05, 4.69) is 31.3 Å². The highest BCUT2D eigenvalue weighted by molar-refractivity contribution is 5.80. The van der Waals surface area contributed by atoms with Gasteiger partial charge in [-0.3, -0.25) is 0 Å². The minimum absolute atomic E-state index is 0.0167. The maximum Gasteiger partial charge on any atom is 0.228 e. The van der Waals surface area contributed by atoms with Crippen molar-refractivity contribution in [3.05, 3.63) is 59.4 Å². The fourth-order valence-electron chi connectivity index (χ4n) is 2.74. The summed E-state index contributed by atoms with van der Waals surface area (Å²) in [5, 5.41) is 4.02. The highest BCUT2D eigenvalue weighted by Crippen LogP contribution is 2.20. The first-order valence-corrected chi connectivity index (χ1v) is 8.79. The van der Waals surface area contributed by atoms with Gasteiger partial charge in [0.05, 0.1) is 6.10 Å². The van der Waals surface area contributed by atoms with Crippen LogP contribution in [0.25, 0.3) is 11.0 Å². The van der Waals surface area contributed by atoms with E-state index in [0.29, 0.717) is 18.2 Å². The number of aromatic amines is 1. The molecule has 3 aromatic heterocycles. The van der Waals surface area contributed by atoms with Crippen LogP contribution >= 0.6 is 0 Å². The number of nitrogens with one attached hydrogen (secondary N) is 2. The van der Waals surface area contributed by atoms with Crippen molar-refractivity contribution in [3.63, 3.8) is 0 Å². The summed E-state index contributed by atoms with van der Waals surface area (Å²) in [6.45, 7) is 5.84. The van der Waals surface area contributed by atoms with Gasteiger partial charge in [-0.25, -0.2) is 15.0 Å². The number of fused-ring (bicyclic) bond motifs is 1. The highest BCUT2D eigenvalue weighted by Gasteiger charge is 2.08. The lowest BCUT2D eigenvalue weighted by molar-refractivity contribution is 0.0390.